The Balaban J connectivity index is 1.86. The van der Waals surface area contributed by atoms with Crippen molar-refractivity contribution in [2.24, 2.45) is 0 Å². The predicted octanol–water partition coefficient (Wildman–Crippen LogP) is 3.59. The van der Waals surface area contributed by atoms with Crippen molar-refractivity contribution in [3.8, 4) is 11.4 Å². The molecule has 0 radical (unpaired) electrons. The van der Waals surface area contributed by atoms with Crippen LogP contribution in [0.5, 0.6) is 0 Å². The molecule has 1 aliphatic heterocycles. The number of hydrogen-bond acceptors (Lipinski definition) is 5. The molecule has 2 atom stereocenters. The average molecular weight is 354 g/mol. The van der Waals surface area contributed by atoms with Crippen LogP contribution in [0.3, 0.4) is 0 Å². The van der Waals surface area contributed by atoms with Crippen molar-refractivity contribution >= 4 is 16.7 Å². The number of nitrogens with two attached hydrogens (primary N) is 1. The Hall–Kier alpha value is -2.41. The number of nitrogens with zero attached hydrogens (tertiary/aromatic N) is 5. The standard InChI is InChI=1S/C19H26N6O/c1-11(2)24-9-15(22-10-24)18-17-16(5-6-21-19(17)20)25(23-18)14-7-12(3)26-13(4)8-14/h5-6,9-14H,7-8H2,1-4H3,(H2,20,21). The fourth-order valence-electron chi connectivity index (χ4n) is 3.88. The van der Waals surface area contributed by atoms with Gasteiger partial charge in [0.15, 0.2) is 0 Å². The second-order valence-corrected chi connectivity index (χ2v) is 7.57. The minimum atomic E-state index is 0.214. The van der Waals surface area contributed by atoms with E-state index in [1.807, 2.05) is 18.6 Å². The van der Waals surface area contributed by atoms with Gasteiger partial charge in [-0.1, -0.05) is 0 Å². The number of hydrogen-bond donors (Lipinski definition) is 1. The van der Waals surface area contributed by atoms with Crippen molar-refractivity contribution in [1.82, 2.24) is 24.3 Å². The quantitative estimate of drug-likeness (QED) is 0.777. The lowest BCUT2D eigenvalue weighted by Crippen LogP contribution is -2.31. The van der Waals surface area contributed by atoms with Gasteiger partial charge in [-0.05, 0) is 46.6 Å². The van der Waals surface area contributed by atoms with Crippen LogP contribution < -0.4 is 5.73 Å². The van der Waals surface area contributed by atoms with E-state index in [-0.39, 0.29) is 18.2 Å². The van der Waals surface area contributed by atoms with E-state index < -0.39 is 0 Å². The highest BCUT2D eigenvalue weighted by molar-refractivity contribution is 5.99. The van der Waals surface area contributed by atoms with Crippen LogP contribution in [-0.2, 0) is 4.74 Å². The first-order chi connectivity index (χ1) is 12.4. The van der Waals surface area contributed by atoms with E-state index >= 15 is 0 Å². The molecule has 4 rings (SSSR count). The molecule has 0 saturated carbocycles. The highest BCUT2D eigenvalue weighted by Crippen LogP contribution is 2.36. The molecule has 0 bridgehead atoms. The third-order valence-electron chi connectivity index (χ3n) is 5.11. The van der Waals surface area contributed by atoms with Crippen molar-refractivity contribution in [1.29, 1.82) is 0 Å². The lowest BCUT2D eigenvalue weighted by atomic mass is 10.00. The van der Waals surface area contributed by atoms with E-state index in [4.69, 9.17) is 15.6 Å². The van der Waals surface area contributed by atoms with E-state index in [1.54, 1.807) is 6.20 Å². The summed E-state index contributed by atoms with van der Waals surface area (Å²) >= 11 is 0. The summed E-state index contributed by atoms with van der Waals surface area (Å²) in [5.74, 6) is 0.496. The van der Waals surface area contributed by atoms with Crippen LogP contribution in [0.1, 0.15) is 52.6 Å². The van der Waals surface area contributed by atoms with Crippen LogP contribution >= 0.6 is 0 Å². The Morgan fingerprint density at radius 2 is 1.92 bits per heavy atom. The van der Waals surface area contributed by atoms with Crippen LogP contribution in [-0.4, -0.2) is 36.5 Å². The van der Waals surface area contributed by atoms with Gasteiger partial charge in [-0.3, -0.25) is 4.68 Å². The predicted molar refractivity (Wildman–Crippen MR) is 102 cm³/mol. The van der Waals surface area contributed by atoms with Gasteiger partial charge in [0.05, 0.1) is 35.5 Å². The van der Waals surface area contributed by atoms with Gasteiger partial charge in [0, 0.05) is 18.4 Å². The summed E-state index contributed by atoms with van der Waals surface area (Å²) in [6.45, 7) is 8.50. The molecule has 3 aromatic rings. The first-order valence-electron chi connectivity index (χ1n) is 9.26. The summed E-state index contributed by atoms with van der Waals surface area (Å²) < 4.78 is 10.1. The summed E-state index contributed by atoms with van der Waals surface area (Å²) in [6.07, 6.45) is 7.91. The van der Waals surface area contributed by atoms with E-state index in [2.05, 4.69) is 46.9 Å². The fraction of sp³-hybridized carbons (Fsp3) is 0.526. The molecule has 1 saturated heterocycles. The third kappa shape index (κ3) is 2.86. The normalized spacial score (nSPS) is 23.8. The number of anilines is 1. The van der Waals surface area contributed by atoms with Gasteiger partial charge in [0.25, 0.3) is 0 Å². The zero-order valence-electron chi connectivity index (χ0n) is 15.8. The van der Waals surface area contributed by atoms with Gasteiger partial charge in [-0.25, -0.2) is 9.97 Å². The van der Waals surface area contributed by atoms with Crippen LogP contribution in [0.25, 0.3) is 22.3 Å². The first-order valence-corrected chi connectivity index (χ1v) is 9.26. The minimum absolute atomic E-state index is 0.214. The minimum Gasteiger partial charge on any atom is -0.383 e. The zero-order valence-corrected chi connectivity index (χ0v) is 15.8. The topological polar surface area (TPSA) is 83.8 Å². The molecule has 0 aliphatic carbocycles. The Labute approximate surface area is 153 Å². The molecule has 0 spiro atoms. The molecule has 7 nitrogen and oxygen atoms in total. The molecule has 0 amide bonds. The van der Waals surface area contributed by atoms with Gasteiger partial charge < -0.3 is 15.0 Å². The molecule has 0 aromatic carbocycles. The zero-order chi connectivity index (χ0) is 18.4. The summed E-state index contributed by atoms with van der Waals surface area (Å²) in [4.78, 5) is 8.86. The number of fused-ring (bicyclic) bond motifs is 1. The number of nitrogen functional groups attached to an aromatic ring is 1. The van der Waals surface area contributed by atoms with E-state index in [0.29, 0.717) is 11.9 Å². The van der Waals surface area contributed by atoms with E-state index in [9.17, 15) is 0 Å². The molecular weight excluding hydrogens is 328 g/mol. The summed E-state index contributed by atoms with van der Waals surface area (Å²) in [5, 5.41) is 5.83. The molecule has 3 aromatic heterocycles. The molecule has 138 valence electrons. The SMILES string of the molecule is CC1CC(n2nc(-c3cn(C(C)C)cn3)c3c(N)nccc32)CC(C)O1. The van der Waals surface area contributed by atoms with Crippen molar-refractivity contribution in [2.45, 2.75) is 64.8 Å². The average Bonchev–Trinajstić information content (AvgIpc) is 3.19. The monoisotopic (exact) mass is 354 g/mol. The van der Waals surface area contributed by atoms with Gasteiger partial charge in [-0.15, -0.1) is 0 Å². The number of imidazole rings is 1. The lowest BCUT2D eigenvalue weighted by Gasteiger charge is -2.32. The van der Waals surface area contributed by atoms with Crippen LogP contribution in [0.4, 0.5) is 5.82 Å². The molecule has 1 aliphatic rings. The summed E-state index contributed by atoms with van der Waals surface area (Å²) in [7, 11) is 0. The molecule has 4 heterocycles. The fourth-order valence-corrected chi connectivity index (χ4v) is 3.88. The second kappa shape index (κ2) is 6.39. The Kier molecular flexibility index (Phi) is 4.19. The largest absolute Gasteiger partial charge is 0.383 e. The Bertz CT molecular complexity index is 917. The first kappa shape index (κ1) is 17.0. The number of aromatic nitrogens is 5. The van der Waals surface area contributed by atoms with Gasteiger partial charge in [-0.2, -0.15) is 5.10 Å². The maximum absolute atomic E-state index is 6.23. The van der Waals surface area contributed by atoms with Crippen molar-refractivity contribution in [3.05, 3.63) is 24.8 Å². The summed E-state index contributed by atoms with van der Waals surface area (Å²) in [5.41, 5.74) is 8.88. The Morgan fingerprint density at radius 1 is 1.19 bits per heavy atom. The van der Waals surface area contributed by atoms with E-state index in [1.165, 1.54) is 0 Å². The van der Waals surface area contributed by atoms with E-state index in [0.717, 1.165) is 35.1 Å². The molecular formula is C19H26N6O. The molecule has 26 heavy (non-hydrogen) atoms. The van der Waals surface area contributed by atoms with Crippen molar-refractivity contribution < 1.29 is 4.74 Å². The number of pyridine rings is 1. The maximum Gasteiger partial charge on any atom is 0.135 e. The van der Waals surface area contributed by atoms with Crippen molar-refractivity contribution in [2.75, 3.05) is 5.73 Å². The third-order valence-corrected chi connectivity index (χ3v) is 5.11. The molecule has 2 unspecified atom stereocenters. The van der Waals surface area contributed by atoms with Crippen LogP contribution in [0.15, 0.2) is 24.8 Å². The molecule has 1 fully saturated rings. The van der Waals surface area contributed by atoms with Gasteiger partial charge in [0.1, 0.15) is 17.2 Å². The highest BCUT2D eigenvalue weighted by atomic mass is 16.5. The smallest absolute Gasteiger partial charge is 0.135 e. The number of rotatable bonds is 3. The van der Waals surface area contributed by atoms with Crippen LogP contribution in [0.2, 0.25) is 0 Å². The highest BCUT2D eigenvalue weighted by Gasteiger charge is 2.29. The van der Waals surface area contributed by atoms with Crippen molar-refractivity contribution in [3.63, 3.8) is 0 Å². The maximum atomic E-state index is 6.23. The molecule has 2 N–H and O–H groups in total. The Morgan fingerprint density at radius 3 is 2.58 bits per heavy atom. The number of ether oxygens (including phenoxy) is 1. The summed E-state index contributed by atoms with van der Waals surface area (Å²) in [6, 6.07) is 2.61. The van der Waals surface area contributed by atoms with Gasteiger partial charge >= 0.3 is 0 Å². The van der Waals surface area contributed by atoms with Gasteiger partial charge in [0.2, 0.25) is 0 Å². The van der Waals surface area contributed by atoms with Crippen LogP contribution in [0, 0.1) is 0 Å². The second-order valence-electron chi connectivity index (χ2n) is 7.57. The molecule has 7 heteroatoms. The lowest BCUT2D eigenvalue weighted by molar-refractivity contribution is -0.0498.